The molecule has 4 aromatic rings. The highest BCUT2D eigenvalue weighted by atomic mass is 32.2. The Balaban J connectivity index is 1.45. The lowest BCUT2D eigenvalue weighted by atomic mass is 10.0. The molecule has 3 nitrogen and oxygen atoms in total. The number of hydrogen-bond donors (Lipinski definition) is 0. The van der Waals surface area contributed by atoms with Crippen LogP contribution in [0.3, 0.4) is 0 Å². The van der Waals surface area contributed by atoms with Crippen molar-refractivity contribution in [3.8, 4) is 0 Å². The van der Waals surface area contributed by atoms with Crippen molar-refractivity contribution < 1.29 is 4.79 Å². The molecule has 2 heterocycles. The van der Waals surface area contributed by atoms with Crippen LogP contribution in [0.25, 0.3) is 10.9 Å². The minimum atomic E-state index is 0.0757. The van der Waals surface area contributed by atoms with Gasteiger partial charge < -0.3 is 0 Å². The molecular weight excluding hydrogens is 376 g/mol. The van der Waals surface area contributed by atoms with Crippen molar-refractivity contribution in [2.75, 3.05) is 10.7 Å². The Labute approximate surface area is 174 Å². The highest BCUT2D eigenvalue weighted by Crippen LogP contribution is 2.36. The number of hydrogen-bond acceptors (Lipinski definition) is 3. The fraction of sp³-hybridized carbons (Fsp3) is 0.120. The summed E-state index contributed by atoms with van der Waals surface area (Å²) in [6, 6.07) is 28.6. The number of carbonyl (C=O) groups is 1. The molecule has 3 aromatic carbocycles. The van der Waals surface area contributed by atoms with Crippen molar-refractivity contribution in [1.82, 2.24) is 4.98 Å². The number of aromatic nitrogens is 1. The molecule has 1 aliphatic heterocycles. The number of thioether (sulfide) groups is 1. The van der Waals surface area contributed by atoms with Gasteiger partial charge in [0.1, 0.15) is 0 Å². The van der Waals surface area contributed by atoms with Crippen molar-refractivity contribution >= 4 is 39.9 Å². The van der Waals surface area contributed by atoms with Crippen LogP contribution in [0.5, 0.6) is 0 Å². The van der Waals surface area contributed by atoms with Gasteiger partial charge in [0.2, 0.25) is 5.91 Å². The molecule has 1 aliphatic rings. The Hall–Kier alpha value is -3.11. The first kappa shape index (κ1) is 18.0. The van der Waals surface area contributed by atoms with E-state index in [0.717, 1.165) is 40.1 Å². The van der Waals surface area contributed by atoms with Gasteiger partial charge in [-0.3, -0.25) is 9.69 Å². The summed E-state index contributed by atoms with van der Waals surface area (Å²) in [6.45, 7) is 0. The summed E-state index contributed by atoms with van der Waals surface area (Å²) in [7, 11) is 0. The van der Waals surface area contributed by atoms with Crippen molar-refractivity contribution in [1.29, 1.82) is 0 Å². The molecule has 0 radical (unpaired) electrons. The van der Waals surface area contributed by atoms with E-state index < -0.39 is 0 Å². The molecule has 0 atom stereocenters. The molecule has 1 aromatic heterocycles. The van der Waals surface area contributed by atoms with Gasteiger partial charge in [0.05, 0.1) is 27.7 Å². The zero-order chi connectivity index (χ0) is 19.6. The monoisotopic (exact) mass is 396 g/mol. The number of pyridine rings is 1. The second kappa shape index (κ2) is 7.72. The van der Waals surface area contributed by atoms with Crippen LogP contribution in [0.4, 0.5) is 11.4 Å². The van der Waals surface area contributed by atoms with Crippen LogP contribution in [0.2, 0.25) is 0 Å². The van der Waals surface area contributed by atoms with Gasteiger partial charge in [0.15, 0.2) is 0 Å². The van der Waals surface area contributed by atoms with Gasteiger partial charge in [-0.25, -0.2) is 4.98 Å². The first-order valence-corrected chi connectivity index (χ1v) is 10.8. The van der Waals surface area contributed by atoms with Crippen LogP contribution >= 0.6 is 11.8 Å². The van der Waals surface area contributed by atoms with Gasteiger partial charge in [-0.15, -0.1) is 0 Å². The first-order valence-electron chi connectivity index (χ1n) is 9.77. The summed E-state index contributed by atoms with van der Waals surface area (Å²) in [5, 5.41) is 1.98. The molecule has 0 fully saturated rings. The van der Waals surface area contributed by atoms with Crippen molar-refractivity contribution in [3.05, 3.63) is 96.1 Å². The van der Waals surface area contributed by atoms with E-state index in [-0.39, 0.29) is 5.91 Å². The summed E-state index contributed by atoms with van der Waals surface area (Å²) in [5.74, 6) is 0.417. The van der Waals surface area contributed by atoms with Crippen LogP contribution < -0.4 is 4.90 Å². The maximum absolute atomic E-state index is 13.4. The number of para-hydroxylation sites is 3. The topological polar surface area (TPSA) is 33.2 Å². The van der Waals surface area contributed by atoms with Crippen molar-refractivity contribution in [2.45, 2.75) is 17.9 Å². The summed E-state index contributed by atoms with van der Waals surface area (Å²) in [6.07, 6.45) is 1.88. The molecule has 0 aliphatic carbocycles. The lowest BCUT2D eigenvalue weighted by molar-refractivity contribution is -0.115. The standard InChI is InChI=1S/C25H20N2OS/c28-25(17-29-24-16-15-18-7-1-4-10-21(18)26-24)27-22-11-5-2-8-19(22)13-14-20-9-3-6-12-23(20)27/h1-12,15-16H,13-14,17H2. The molecular formula is C25H20N2OS. The SMILES string of the molecule is O=C(CSc1ccc2ccccc2n1)N1c2ccccc2CCc2ccccc21. The fourth-order valence-corrected chi connectivity index (χ4v) is 4.60. The number of nitrogens with zero attached hydrogens (tertiary/aromatic N) is 2. The third-order valence-corrected chi connectivity index (χ3v) is 6.21. The fourth-order valence-electron chi connectivity index (χ4n) is 3.88. The zero-order valence-corrected chi connectivity index (χ0v) is 16.7. The molecule has 4 heteroatoms. The molecule has 0 saturated heterocycles. The highest BCUT2D eigenvalue weighted by Gasteiger charge is 2.25. The summed E-state index contributed by atoms with van der Waals surface area (Å²) >= 11 is 1.49. The molecule has 1 amide bonds. The number of fused-ring (bicyclic) bond motifs is 3. The number of anilines is 2. The summed E-state index contributed by atoms with van der Waals surface area (Å²) in [5.41, 5.74) is 5.37. The molecule has 0 unspecified atom stereocenters. The number of carbonyl (C=O) groups excluding carboxylic acids is 1. The first-order chi connectivity index (χ1) is 14.3. The number of aryl methyl sites for hydroxylation is 2. The second-order valence-electron chi connectivity index (χ2n) is 7.12. The van der Waals surface area contributed by atoms with Gasteiger partial charge in [0.25, 0.3) is 0 Å². The van der Waals surface area contributed by atoms with Gasteiger partial charge in [-0.05, 0) is 48.2 Å². The zero-order valence-electron chi connectivity index (χ0n) is 15.9. The van der Waals surface area contributed by atoms with Gasteiger partial charge >= 0.3 is 0 Å². The summed E-state index contributed by atoms with van der Waals surface area (Å²) < 4.78 is 0. The largest absolute Gasteiger partial charge is 0.280 e. The van der Waals surface area contributed by atoms with E-state index in [1.54, 1.807) is 0 Å². The van der Waals surface area contributed by atoms with Gasteiger partial charge in [-0.2, -0.15) is 0 Å². The van der Waals surface area contributed by atoms with Crippen molar-refractivity contribution in [3.63, 3.8) is 0 Å². The highest BCUT2D eigenvalue weighted by molar-refractivity contribution is 7.99. The molecule has 0 spiro atoms. The molecule has 29 heavy (non-hydrogen) atoms. The maximum Gasteiger partial charge on any atom is 0.241 e. The van der Waals surface area contributed by atoms with E-state index in [0.29, 0.717) is 5.75 Å². The number of amides is 1. The van der Waals surface area contributed by atoms with Crippen LogP contribution in [0, 0.1) is 0 Å². The smallest absolute Gasteiger partial charge is 0.241 e. The molecule has 0 N–H and O–H groups in total. The molecule has 5 rings (SSSR count). The van der Waals surface area contributed by atoms with E-state index in [1.165, 1.54) is 22.9 Å². The lowest BCUT2D eigenvalue weighted by Crippen LogP contribution is -2.28. The maximum atomic E-state index is 13.4. The van der Waals surface area contributed by atoms with Gasteiger partial charge in [0, 0.05) is 5.39 Å². The van der Waals surface area contributed by atoms with Crippen LogP contribution in [0.15, 0.2) is 90.0 Å². The molecule has 0 bridgehead atoms. The molecule has 142 valence electrons. The summed E-state index contributed by atoms with van der Waals surface area (Å²) in [4.78, 5) is 20.0. The Morgan fingerprint density at radius 1 is 0.793 bits per heavy atom. The average molecular weight is 397 g/mol. The Morgan fingerprint density at radius 3 is 2.14 bits per heavy atom. The lowest BCUT2D eigenvalue weighted by Gasteiger charge is -2.24. The average Bonchev–Trinajstić information content (AvgIpc) is 2.94. The van der Waals surface area contributed by atoms with E-state index in [2.05, 4.69) is 18.2 Å². The quantitative estimate of drug-likeness (QED) is 0.411. The van der Waals surface area contributed by atoms with Crippen LogP contribution in [0.1, 0.15) is 11.1 Å². The van der Waals surface area contributed by atoms with E-state index in [4.69, 9.17) is 4.98 Å². The van der Waals surface area contributed by atoms with E-state index in [9.17, 15) is 4.79 Å². The van der Waals surface area contributed by atoms with Crippen molar-refractivity contribution in [2.24, 2.45) is 0 Å². The van der Waals surface area contributed by atoms with E-state index >= 15 is 0 Å². The number of rotatable bonds is 3. The minimum absolute atomic E-state index is 0.0757. The minimum Gasteiger partial charge on any atom is -0.280 e. The van der Waals surface area contributed by atoms with Crippen LogP contribution in [-0.2, 0) is 17.6 Å². The predicted octanol–water partition coefficient (Wildman–Crippen LogP) is 5.79. The third-order valence-electron chi connectivity index (χ3n) is 5.29. The van der Waals surface area contributed by atoms with Crippen LogP contribution in [-0.4, -0.2) is 16.6 Å². The van der Waals surface area contributed by atoms with Gasteiger partial charge in [-0.1, -0.05) is 72.4 Å². The predicted molar refractivity (Wildman–Crippen MR) is 120 cm³/mol. The normalized spacial score (nSPS) is 12.9. The third kappa shape index (κ3) is 3.52. The Bertz CT molecular complexity index is 1160. The van der Waals surface area contributed by atoms with E-state index in [1.807, 2.05) is 71.6 Å². The number of benzene rings is 3. The second-order valence-corrected chi connectivity index (χ2v) is 8.11. The Morgan fingerprint density at radius 2 is 1.41 bits per heavy atom. The Kier molecular flexibility index (Phi) is 4.78. The molecule has 0 saturated carbocycles.